The molecule has 134 valence electrons. The van der Waals surface area contributed by atoms with E-state index in [1.54, 1.807) is 0 Å². The van der Waals surface area contributed by atoms with Gasteiger partial charge in [-0.3, -0.25) is 4.99 Å². The summed E-state index contributed by atoms with van der Waals surface area (Å²) in [6, 6.07) is 8.77. The molecule has 0 amide bonds. The molecule has 0 radical (unpaired) electrons. The van der Waals surface area contributed by atoms with Gasteiger partial charge in [-0.2, -0.15) is 0 Å². The third-order valence-electron chi connectivity index (χ3n) is 5.01. The molecule has 0 saturated carbocycles. The van der Waals surface area contributed by atoms with Crippen LogP contribution in [-0.2, 0) is 7.05 Å². The largest absolute Gasteiger partial charge is 0.387 e. The molecule has 1 fully saturated rings. The monoisotopic (exact) mass is 339 g/mol. The van der Waals surface area contributed by atoms with Crippen LogP contribution in [0, 0.1) is 6.92 Å². The third kappa shape index (κ3) is 3.87. The molecule has 0 spiro atoms. The summed E-state index contributed by atoms with van der Waals surface area (Å²) >= 11 is 0. The van der Waals surface area contributed by atoms with Crippen LogP contribution in [0.1, 0.15) is 18.2 Å². The molecule has 25 heavy (non-hydrogen) atoms. The predicted octanol–water partition coefficient (Wildman–Crippen LogP) is 3.27. The lowest BCUT2D eigenvalue weighted by Gasteiger charge is -2.34. The Kier molecular flexibility index (Phi) is 5.13. The zero-order valence-electron chi connectivity index (χ0n) is 16.0. The molecule has 2 heterocycles. The maximum atomic E-state index is 4.94. The van der Waals surface area contributed by atoms with E-state index in [1.807, 2.05) is 7.05 Å². The summed E-state index contributed by atoms with van der Waals surface area (Å²) in [5.74, 6) is 0. The normalized spacial score (nSPS) is 16.4. The summed E-state index contributed by atoms with van der Waals surface area (Å²) in [6.45, 7) is 8.58. The Morgan fingerprint density at radius 1 is 1.08 bits per heavy atom. The fourth-order valence-electron chi connectivity index (χ4n) is 3.28. The summed E-state index contributed by atoms with van der Waals surface area (Å²) in [5.41, 5.74) is 6.81. The molecule has 5 heteroatoms. The van der Waals surface area contributed by atoms with Crippen molar-refractivity contribution in [3.8, 4) is 0 Å². The van der Waals surface area contributed by atoms with Gasteiger partial charge in [0.15, 0.2) is 0 Å². The van der Waals surface area contributed by atoms with Gasteiger partial charge in [0, 0.05) is 52.2 Å². The zero-order chi connectivity index (χ0) is 18.0. The third-order valence-corrected chi connectivity index (χ3v) is 5.01. The molecule has 1 saturated heterocycles. The van der Waals surface area contributed by atoms with Crippen LogP contribution in [0.25, 0.3) is 0 Å². The maximum Gasteiger partial charge on any atom is 0.0683 e. The predicted molar refractivity (Wildman–Crippen MR) is 108 cm³/mol. The van der Waals surface area contributed by atoms with Crippen molar-refractivity contribution < 1.29 is 0 Å². The molecule has 0 aliphatic carbocycles. The van der Waals surface area contributed by atoms with E-state index >= 15 is 0 Å². The Bertz CT molecular complexity index is 766. The minimum atomic E-state index is 1.03. The van der Waals surface area contributed by atoms with E-state index in [4.69, 9.17) is 4.99 Å². The van der Waals surface area contributed by atoms with E-state index in [0.29, 0.717) is 0 Å². The number of aryl methyl sites for hydroxylation is 2. The summed E-state index contributed by atoms with van der Waals surface area (Å²) in [5, 5.41) is 3.19. The number of rotatable bonds is 4. The van der Waals surface area contributed by atoms with Gasteiger partial charge in [-0.15, -0.1) is 0 Å². The minimum absolute atomic E-state index is 1.03. The first-order chi connectivity index (χ1) is 12.0. The SMILES string of the molecule is CNc1cc(C(C)=Nc2cc(N3CCN(C)CC3)ccc2C)n(C)c1. The number of anilines is 2. The molecule has 1 aromatic heterocycles. The van der Waals surface area contributed by atoms with Crippen LogP contribution in [-0.4, -0.2) is 55.5 Å². The van der Waals surface area contributed by atoms with Gasteiger partial charge in [-0.1, -0.05) is 6.07 Å². The lowest BCUT2D eigenvalue weighted by molar-refractivity contribution is 0.313. The van der Waals surface area contributed by atoms with Crippen molar-refractivity contribution in [2.24, 2.45) is 12.0 Å². The number of hydrogen-bond acceptors (Lipinski definition) is 4. The van der Waals surface area contributed by atoms with Crippen LogP contribution in [0.3, 0.4) is 0 Å². The van der Waals surface area contributed by atoms with Gasteiger partial charge in [0.1, 0.15) is 0 Å². The number of aromatic nitrogens is 1. The highest BCUT2D eigenvalue weighted by Gasteiger charge is 2.15. The molecule has 1 N–H and O–H groups in total. The van der Waals surface area contributed by atoms with Gasteiger partial charge in [0.05, 0.1) is 22.8 Å². The Morgan fingerprint density at radius 3 is 2.44 bits per heavy atom. The molecular weight excluding hydrogens is 310 g/mol. The lowest BCUT2D eigenvalue weighted by atomic mass is 10.1. The number of nitrogens with zero attached hydrogens (tertiary/aromatic N) is 4. The summed E-state index contributed by atoms with van der Waals surface area (Å²) in [4.78, 5) is 9.77. The second kappa shape index (κ2) is 7.31. The molecule has 1 aliphatic rings. The standard InChI is InChI=1S/C20H29N5/c1-15-6-7-18(25-10-8-23(4)9-11-25)13-19(15)22-16(2)20-12-17(21-3)14-24(20)5/h6-7,12-14,21H,8-11H2,1-5H3. The Morgan fingerprint density at radius 2 is 1.80 bits per heavy atom. The minimum Gasteiger partial charge on any atom is -0.387 e. The van der Waals surface area contributed by atoms with Crippen LogP contribution >= 0.6 is 0 Å². The number of likely N-dealkylation sites (N-methyl/N-ethyl adjacent to an activating group) is 1. The molecule has 0 bridgehead atoms. The second-order valence-electron chi connectivity index (χ2n) is 6.93. The van der Waals surface area contributed by atoms with E-state index in [9.17, 15) is 0 Å². The van der Waals surface area contributed by atoms with Crippen LogP contribution < -0.4 is 10.2 Å². The quantitative estimate of drug-likeness (QED) is 0.869. The Hall–Kier alpha value is -2.27. The maximum absolute atomic E-state index is 4.94. The Balaban J connectivity index is 1.88. The van der Waals surface area contributed by atoms with Crippen molar-refractivity contribution in [2.45, 2.75) is 13.8 Å². The molecule has 3 rings (SSSR count). The van der Waals surface area contributed by atoms with Crippen molar-refractivity contribution in [3.05, 3.63) is 41.7 Å². The zero-order valence-corrected chi connectivity index (χ0v) is 16.0. The van der Waals surface area contributed by atoms with Gasteiger partial charge >= 0.3 is 0 Å². The van der Waals surface area contributed by atoms with Crippen molar-refractivity contribution in [1.82, 2.24) is 9.47 Å². The number of nitrogens with one attached hydrogen (secondary N) is 1. The van der Waals surface area contributed by atoms with Gasteiger partial charge in [0.25, 0.3) is 0 Å². The molecular formula is C20H29N5. The average molecular weight is 339 g/mol. The number of hydrogen-bond donors (Lipinski definition) is 1. The molecule has 5 nitrogen and oxygen atoms in total. The van der Waals surface area contributed by atoms with Crippen LogP contribution in [0.4, 0.5) is 17.1 Å². The van der Waals surface area contributed by atoms with Crippen molar-refractivity contribution in [2.75, 3.05) is 50.5 Å². The van der Waals surface area contributed by atoms with Gasteiger partial charge in [-0.25, -0.2) is 0 Å². The molecule has 0 unspecified atom stereocenters. The first-order valence-corrected chi connectivity index (χ1v) is 8.92. The van der Waals surface area contributed by atoms with E-state index in [2.05, 4.69) is 78.1 Å². The van der Waals surface area contributed by atoms with Gasteiger partial charge in [0.2, 0.25) is 0 Å². The highest BCUT2D eigenvalue weighted by Crippen LogP contribution is 2.27. The van der Waals surface area contributed by atoms with E-state index in [0.717, 1.165) is 49.0 Å². The Labute approximate surface area is 151 Å². The average Bonchev–Trinajstić information content (AvgIpc) is 2.99. The molecule has 1 aromatic carbocycles. The number of benzene rings is 1. The first-order valence-electron chi connectivity index (χ1n) is 8.92. The smallest absolute Gasteiger partial charge is 0.0683 e. The van der Waals surface area contributed by atoms with Gasteiger partial charge < -0.3 is 19.7 Å². The number of piperazine rings is 1. The van der Waals surface area contributed by atoms with Crippen molar-refractivity contribution >= 4 is 22.8 Å². The second-order valence-corrected chi connectivity index (χ2v) is 6.93. The van der Waals surface area contributed by atoms with Crippen molar-refractivity contribution in [1.29, 1.82) is 0 Å². The summed E-state index contributed by atoms with van der Waals surface area (Å²) in [7, 11) is 6.18. The summed E-state index contributed by atoms with van der Waals surface area (Å²) in [6.07, 6.45) is 2.09. The molecule has 0 atom stereocenters. The number of aliphatic imine (C=N–C) groups is 1. The summed E-state index contributed by atoms with van der Waals surface area (Å²) < 4.78 is 2.12. The van der Waals surface area contributed by atoms with Crippen LogP contribution in [0.2, 0.25) is 0 Å². The highest BCUT2D eigenvalue weighted by molar-refractivity contribution is 6.00. The molecule has 1 aliphatic heterocycles. The molecule has 2 aromatic rings. The van der Waals surface area contributed by atoms with Crippen LogP contribution in [0.15, 0.2) is 35.5 Å². The van der Waals surface area contributed by atoms with Crippen LogP contribution in [0.5, 0.6) is 0 Å². The fraction of sp³-hybridized carbons (Fsp3) is 0.450. The van der Waals surface area contributed by atoms with E-state index < -0.39 is 0 Å². The van der Waals surface area contributed by atoms with Crippen molar-refractivity contribution in [3.63, 3.8) is 0 Å². The topological polar surface area (TPSA) is 35.8 Å². The van der Waals surface area contributed by atoms with E-state index in [-0.39, 0.29) is 0 Å². The van der Waals surface area contributed by atoms with Gasteiger partial charge in [-0.05, 0) is 44.7 Å². The highest BCUT2D eigenvalue weighted by atomic mass is 15.2. The fourth-order valence-corrected chi connectivity index (χ4v) is 3.28. The van der Waals surface area contributed by atoms with E-state index in [1.165, 1.54) is 11.3 Å². The lowest BCUT2D eigenvalue weighted by Crippen LogP contribution is -2.44. The first kappa shape index (κ1) is 17.5.